The van der Waals surface area contributed by atoms with Crippen LogP contribution in [0.3, 0.4) is 0 Å². The number of nitrogens with one attached hydrogen (secondary N) is 1. The Bertz CT molecular complexity index is 1330. The Hall–Kier alpha value is -3.88. The van der Waals surface area contributed by atoms with E-state index in [4.69, 9.17) is 9.84 Å². The third-order valence-corrected chi connectivity index (χ3v) is 5.53. The van der Waals surface area contributed by atoms with Crippen molar-refractivity contribution in [3.05, 3.63) is 66.1 Å². The van der Waals surface area contributed by atoms with Gasteiger partial charge in [0.1, 0.15) is 29.1 Å². The summed E-state index contributed by atoms with van der Waals surface area (Å²) in [7, 11) is 0. The first kappa shape index (κ1) is 20.0. The van der Waals surface area contributed by atoms with Gasteiger partial charge in [0.15, 0.2) is 5.82 Å². The van der Waals surface area contributed by atoms with Crippen molar-refractivity contribution in [1.82, 2.24) is 15.0 Å². The molecule has 9 heteroatoms. The van der Waals surface area contributed by atoms with Gasteiger partial charge in [-0.15, -0.1) is 0 Å². The molecule has 0 radical (unpaired) electrons. The number of hydrogen-bond donors (Lipinski definition) is 2. The van der Waals surface area contributed by atoms with Crippen LogP contribution in [0.5, 0.6) is 5.88 Å². The van der Waals surface area contributed by atoms with Crippen molar-refractivity contribution in [2.75, 3.05) is 0 Å². The molecule has 1 saturated carbocycles. The van der Waals surface area contributed by atoms with Gasteiger partial charge in [-0.3, -0.25) is 4.79 Å². The smallest absolute Gasteiger partial charge is 0.306 e. The van der Waals surface area contributed by atoms with Crippen LogP contribution in [0.2, 0.25) is 0 Å². The Morgan fingerprint density at radius 1 is 1.03 bits per heavy atom. The molecule has 0 aliphatic heterocycles. The van der Waals surface area contributed by atoms with E-state index in [0.29, 0.717) is 29.8 Å². The molecule has 0 atom stereocenters. The summed E-state index contributed by atoms with van der Waals surface area (Å²) >= 11 is 0. The summed E-state index contributed by atoms with van der Waals surface area (Å²) in [6.07, 6.45) is 2.26. The molecule has 1 aliphatic carbocycles. The van der Waals surface area contributed by atoms with Crippen LogP contribution in [0.25, 0.3) is 33.5 Å². The largest absolute Gasteiger partial charge is 0.481 e. The van der Waals surface area contributed by atoms with Gasteiger partial charge in [0.25, 0.3) is 0 Å². The highest BCUT2D eigenvalue weighted by Gasteiger charge is 2.36. The number of benzene rings is 2. The van der Waals surface area contributed by atoms with Crippen LogP contribution < -0.4 is 4.74 Å². The summed E-state index contributed by atoms with van der Waals surface area (Å²) in [4.78, 5) is 21.9. The highest BCUT2D eigenvalue weighted by atomic mass is 19.1. The lowest BCUT2D eigenvalue weighted by Crippen LogP contribution is -2.38. The average Bonchev–Trinajstić information content (AvgIpc) is 3.14. The van der Waals surface area contributed by atoms with Gasteiger partial charge in [-0.2, -0.15) is 0 Å². The van der Waals surface area contributed by atoms with Crippen LogP contribution in [-0.2, 0) is 4.79 Å². The van der Waals surface area contributed by atoms with E-state index in [1.807, 2.05) is 0 Å². The van der Waals surface area contributed by atoms with Crippen LogP contribution in [0.1, 0.15) is 12.8 Å². The molecule has 0 unspecified atom stereocenters. The van der Waals surface area contributed by atoms with Gasteiger partial charge in [-0.25, -0.2) is 23.1 Å². The predicted molar refractivity (Wildman–Crippen MR) is 109 cm³/mol. The van der Waals surface area contributed by atoms with E-state index >= 15 is 0 Å². The quantitative estimate of drug-likeness (QED) is 0.459. The topological polar surface area (TPSA) is 88.1 Å². The molecule has 6 nitrogen and oxygen atoms in total. The van der Waals surface area contributed by atoms with Crippen LogP contribution in [0.4, 0.5) is 13.2 Å². The molecule has 0 bridgehead atoms. The number of halogens is 3. The Morgan fingerprint density at radius 3 is 2.50 bits per heavy atom. The summed E-state index contributed by atoms with van der Waals surface area (Å²) in [6, 6.07) is 9.67. The van der Waals surface area contributed by atoms with E-state index in [2.05, 4.69) is 15.0 Å². The van der Waals surface area contributed by atoms with Crippen molar-refractivity contribution in [2.24, 2.45) is 5.92 Å². The molecule has 0 saturated heterocycles. The number of rotatable bonds is 5. The van der Waals surface area contributed by atoms with Crippen molar-refractivity contribution in [3.63, 3.8) is 0 Å². The van der Waals surface area contributed by atoms with Crippen LogP contribution >= 0.6 is 0 Å². The number of ether oxygens (including phenoxy) is 1. The Labute approximate surface area is 179 Å². The summed E-state index contributed by atoms with van der Waals surface area (Å²) in [5.74, 6) is -2.89. The number of aliphatic carboxylic acids is 1. The maximum atomic E-state index is 14.8. The highest BCUT2D eigenvalue weighted by molar-refractivity contribution is 5.80. The Kier molecular flexibility index (Phi) is 4.80. The second kappa shape index (κ2) is 7.67. The molecule has 2 heterocycles. The van der Waals surface area contributed by atoms with Gasteiger partial charge in [-0.1, -0.05) is 6.07 Å². The van der Waals surface area contributed by atoms with Gasteiger partial charge in [0, 0.05) is 23.9 Å². The number of nitrogens with zero attached hydrogens (tertiary/aromatic N) is 2. The lowest BCUT2D eigenvalue weighted by molar-refractivity contribution is -0.148. The van der Waals surface area contributed by atoms with E-state index in [9.17, 15) is 18.0 Å². The number of H-pyrrole nitrogens is 1. The molecular weight excluding hydrogens is 423 g/mol. The molecule has 4 aromatic rings. The highest BCUT2D eigenvalue weighted by Crippen LogP contribution is 2.32. The molecule has 2 aromatic carbocycles. The molecule has 1 fully saturated rings. The van der Waals surface area contributed by atoms with Gasteiger partial charge >= 0.3 is 5.97 Å². The zero-order valence-electron chi connectivity index (χ0n) is 16.5. The van der Waals surface area contributed by atoms with E-state index < -0.39 is 23.4 Å². The fraction of sp³-hybridized carbons (Fsp3) is 0.174. The molecular formula is C23H16F3N3O3. The van der Waals surface area contributed by atoms with E-state index in [1.54, 1.807) is 18.2 Å². The fourth-order valence-electron chi connectivity index (χ4n) is 3.71. The molecule has 2 aromatic heterocycles. The standard InChI is InChI=1S/C23H16F3N3O3/c24-14-8-18(26)21-19(9-14)28-22(29-21)16-3-1-11(7-17(16)25)12-2-4-20(27-10-12)32-15-5-13(6-15)23(30)31/h1-4,7-10,13,15H,5-6H2,(H,28,29)(H,30,31). The first-order valence-electron chi connectivity index (χ1n) is 9.88. The summed E-state index contributed by atoms with van der Waals surface area (Å²) in [5.41, 5.74) is 1.41. The molecule has 2 N–H and O–H groups in total. The normalized spacial score (nSPS) is 17.8. The minimum Gasteiger partial charge on any atom is -0.481 e. The summed E-state index contributed by atoms with van der Waals surface area (Å²) in [6.45, 7) is 0. The van der Waals surface area contributed by atoms with E-state index in [1.165, 1.54) is 18.3 Å². The van der Waals surface area contributed by atoms with Crippen LogP contribution in [-0.4, -0.2) is 32.1 Å². The van der Waals surface area contributed by atoms with E-state index in [-0.39, 0.29) is 34.4 Å². The number of hydrogen-bond acceptors (Lipinski definition) is 4. The second-order valence-corrected chi connectivity index (χ2v) is 7.70. The third kappa shape index (κ3) is 3.66. The number of carboxylic acid groups (broad SMARTS) is 1. The van der Waals surface area contributed by atoms with Crippen LogP contribution in [0.15, 0.2) is 48.7 Å². The third-order valence-electron chi connectivity index (χ3n) is 5.53. The van der Waals surface area contributed by atoms with Crippen molar-refractivity contribution >= 4 is 17.0 Å². The number of carbonyl (C=O) groups is 1. The van der Waals surface area contributed by atoms with Gasteiger partial charge < -0.3 is 14.8 Å². The van der Waals surface area contributed by atoms with Crippen molar-refractivity contribution < 1.29 is 27.8 Å². The molecule has 162 valence electrons. The lowest BCUT2D eigenvalue weighted by Gasteiger charge is -2.31. The molecule has 32 heavy (non-hydrogen) atoms. The lowest BCUT2D eigenvalue weighted by atomic mass is 9.82. The van der Waals surface area contributed by atoms with Gasteiger partial charge in [-0.05, 0) is 42.7 Å². The Balaban J connectivity index is 1.34. The Morgan fingerprint density at radius 2 is 1.81 bits per heavy atom. The minimum absolute atomic E-state index is 0.0641. The van der Waals surface area contributed by atoms with Crippen LogP contribution in [0, 0.1) is 23.4 Å². The number of imidazole rings is 1. The molecule has 0 amide bonds. The number of carboxylic acids is 1. The fourth-order valence-corrected chi connectivity index (χ4v) is 3.71. The van der Waals surface area contributed by atoms with Crippen molar-refractivity contribution in [3.8, 4) is 28.4 Å². The number of pyridine rings is 1. The molecule has 0 spiro atoms. The summed E-state index contributed by atoms with van der Waals surface area (Å²) in [5, 5.41) is 8.91. The number of fused-ring (bicyclic) bond motifs is 1. The van der Waals surface area contributed by atoms with Crippen molar-refractivity contribution in [1.29, 1.82) is 0 Å². The van der Waals surface area contributed by atoms with Gasteiger partial charge in [0.05, 0.1) is 17.0 Å². The maximum Gasteiger partial charge on any atom is 0.306 e. The number of aromatic amines is 1. The maximum absolute atomic E-state index is 14.8. The zero-order valence-corrected chi connectivity index (χ0v) is 16.5. The average molecular weight is 439 g/mol. The predicted octanol–water partition coefficient (Wildman–Crippen LogP) is 4.95. The van der Waals surface area contributed by atoms with Crippen molar-refractivity contribution in [2.45, 2.75) is 18.9 Å². The first-order chi connectivity index (χ1) is 15.4. The SMILES string of the molecule is O=C(O)C1CC(Oc2ccc(-c3ccc(-c4nc5c(F)cc(F)cc5[nH]4)c(F)c3)cn2)C1. The van der Waals surface area contributed by atoms with E-state index in [0.717, 1.165) is 12.1 Å². The molecule has 1 aliphatic rings. The second-order valence-electron chi connectivity index (χ2n) is 7.70. The minimum atomic E-state index is -0.826. The number of aromatic nitrogens is 3. The monoisotopic (exact) mass is 439 g/mol. The first-order valence-corrected chi connectivity index (χ1v) is 9.88. The summed E-state index contributed by atoms with van der Waals surface area (Å²) < 4.78 is 47.8. The molecule has 5 rings (SSSR count). The zero-order chi connectivity index (χ0) is 22.4. The van der Waals surface area contributed by atoms with Gasteiger partial charge in [0.2, 0.25) is 5.88 Å².